The van der Waals surface area contributed by atoms with Crippen molar-refractivity contribution in [2.45, 2.75) is 38.0 Å². The van der Waals surface area contributed by atoms with Crippen molar-refractivity contribution >= 4 is 23.1 Å². The van der Waals surface area contributed by atoms with E-state index in [9.17, 15) is 0 Å². The van der Waals surface area contributed by atoms with Gasteiger partial charge in [0, 0.05) is 34.5 Å². The van der Waals surface area contributed by atoms with Crippen molar-refractivity contribution in [1.82, 2.24) is 4.98 Å². The van der Waals surface area contributed by atoms with Crippen LogP contribution in [0.3, 0.4) is 0 Å². The van der Waals surface area contributed by atoms with Gasteiger partial charge in [-0.05, 0) is 0 Å². The lowest BCUT2D eigenvalue weighted by atomic mass is 10.2. The number of thiazole rings is 1. The molecule has 0 saturated carbocycles. The zero-order valence-electron chi connectivity index (χ0n) is 8.99. The Kier molecular flexibility index (Phi) is 4.41. The first-order chi connectivity index (χ1) is 6.47. The average Bonchev–Trinajstić information content (AvgIpc) is 2.52. The molecule has 14 heavy (non-hydrogen) atoms. The molecule has 1 unspecified atom stereocenters. The van der Waals surface area contributed by atoms with E-state index in [2.05, 4.69) is 25.8 Å². The molecule has 0 amide bonds. The molecule has 2 N–H and O–H groups in total. The maximum absolute atomic E-state index is 6.02. The standard InChI is InChI=1S/C10H18N2S2/c1-10(2,3)14-7-8(11)6-9-12-4-5-13-9/h4-5,8H,6-7,11H2,1-3H3. The van der Waals surface area contributed by atoms with Gasteiger partial charge in [0.15, 0.2) is 0 Å². The highest BCUT2D eigenvalue weighted by molar-refractivity contribution is 8.00. The molecule has 1 heterocycles. The lowest BCUT2D eigenvalue weighted by Crippen LogP contribution is -2.27. The van der Waals surface area contributed by atoms with Gasteiger partial charge < -0.3 is 5.73 Å². The molecule has 0 aliphatic rings. The van der Waals surface area contributed by atoms with Crippen molar-refractivity contribution in [3.05, 3.63) is 16.6 Å². The first-order valence-electron chi connectivity index (χ1n) is 4.75. The van der Waals surface area contributed by atoms with Gasteiger partial charge in [0.25, 0.3) is 0 Å². The average molecular weight is 230 g/mol. The Morgan fingerprint density at radius 3 is 2.79 bits per heavy atom. The summed E-state index contributed by atoms with van der Waals surface area (Å²) < 4.78 is 0.306. The predicted octanol–water partition coefficient (Wildman–Crippen LogP) is 2.54. The van der Waals surface area contributed by atoms with E-state index in [1.54, 1.807) is 11.3 Å². The Morgan fingerprint density at radius 1 is 1.57 bits per heavy atom. The van der Waals surface area contributed by atoms with Crippen LogP contribution in [-0.4, -0.2) is 21.5 Å². The van der Waals surface area contributed by atoms with Crippen LogP contribution in [0.2, 0.25) is 0 Å². The van der Waals surface area contributed by atoms with Gasteiger partial charge in [0.2, 0.25) is 0 Å². The molecule has 4 heteroatoms. The van der Waals surface area contributed by atoms with Crippen LogP contribution in [0, 0.1) is 0 Å². The first-order valence-corrected chi connectivity index (χ1v) is 6.62. The number of hydrogen-bond acceptors (Lipinski definition) is 4. The van der Waals surface area contributed by atoms with Gasteiger partial charge in [0.1, 0.15) is 0 Å². The number of hydrogen-bond donors (Lipinski definition) is 1. The predicted molar refractivity (Wildman–Crippen MR) is 66.0 cm³/mol. The molecule has 80 valence electrons. The third kappa shape index (κ3) is 4.98. The van der Waals surface area contributed by atoms with Gasteiger partial charge in [-0.1, -0.05) is 20.8 Å². The van der Waals surface area contributed by atoms with Crippen molar-refractivity contribution < 1.29 is 0 Å². The van der Waals surface area contributed by atoms with Crippen LogP contribution in [0.1, 0.15) is 25.8 Å². The molecule has 0 aliphatic carbocycles. The van der Waals surface area contributed by atoms with E-state index >= 15 is 0 Å². The van der Waals surface area contributed by atoms with Crippen molar-refractivity contribution in [2.75, 3.05) is 5.75 Å². The molecule has 0 saturated heterocycles. The Balaban J connectivity index is 2.26. The van der Waals surface area contributed by atoms with E-state index in [1.807, 2.05) is 23.3 Å². The molecule has 0 spiro atoms. The molecule has 1 aromatic heterocycles. The van der Waals surface area contributed by atoms with Crippen LogP contribution in [0.5, 0.6) is 0 Å². The van der Waals surface area contributed by atoms with Gasteiger partial charge >= 0.3 is 0 Å². The minimum absolute atomic E-state index is 0.227. The quantitative estimate of drug-likeness (QED) is 0.864. The van der Waals surface area contributed by atoms with E-state index in [0.717, 1.165) is 17.2 Å². The van der Waals surface area contributed by atoms with E-state index in [0.29, 0.717) is 4.75 Å². The summed E-state index contributed by atoms with van der Waals surface area (Å²) in [4.78, 5) is 4.23. The summed E-state index contributed by atoms with van der Waals surface area (Å²) in [7, 11) is 0. The van der Waals surface area contributed by atoms with Crippen LogP contribution in [0.4, 0.5) is 0 Å². The summed E-state index contributed by atoms with van der Waals surface area (Å²) in [5.74, 6) is 1.00. The van der Waals surface area contributed by atoms with E-state index < -0.39 is 0 Å². The third-order valence-corrected chi connectivity index (χ3v) is 3.91. The second-order valence-electron chi connectivity index (χ2n) is 4.31. The zero-order valence-corrected chi connectivity index (χ0v) is 10.6. The third-order valence-electron chi connectivity index (χ3n) is 1.65. The number of nitrogens with two attached hydrogens (primary N) is 1. The molecule has 2 nitrogen and oxygen atoms in total. The lowest BCUT2D eigenvalue weighted by molar-refractivity contribution is 0.730. The van der Waals surface area contributed by atoms with Gasteiger partial charge in [-0.2, -0.15) is 11.8 Å². The summed E-state index contributed by atoms with van der Waals surface area (Å²) in [6, 6.07) is 0.227. The molecule has 1 aromatic rings. The zero-order chi connectivity index (χ0) is 10.6. The smallest absolute Gasteiger partial charge is 0.0940 e. The molecule has 0 aliphatic heterocycles. The number of thioether (sulfide) groups is 1. The van der Waals surface area contributed by atoms with Crippen LogP contribution in [-0.2, 0) is 6.42 Å². The van der Waals surface area contributed by atoms with Crippen LogP contribution in [0.15, 0.2) is 11.6 Å². The van der Waals surface area contributed by atoms with Gasteiger partial charge in [0.05, 0.1) is 5.01 Å². The second-order valence-corrected chi connectivity index (χ2v) is 7.14. The maximum Gasteiger partial charge on any atom is 0.0940 e. The van der Waals surface area contributed by atoms with Crippen LogP contribution < -0.4 is 5.73 Å². The monoisotopic (exact) mass is 230 g/mol. The van der Waals surface area contributed by atoms with Gasteiger partial charge in [-0.3, -0.25) is 0 Å². The highest BCUT2D eigenvalue weighted by atomic mass is 32.2. The molecule has 0 aromatic carbocycles. The van der Waals surface area contributed by atoms with E-state index in [1.165, 1.54) is 0 Å². The highest BCUT2D eigenvalue weighted by Crippen LogP contribution is 2.24. The summed E-state index contributed by atoms with van der Waals surface area (Å²) >= 11 is 3.60. The maximum atomic E-state index is 6.02. The van der Waals surface area contributed by atoms with Crippen molar-refractivity contribution in [3.8, 4) is 0 Å². The molecular weight excluding hydrogens is 212 g/mol. The molecule has 1 atom stereocenters. The number of nitrogens with zero attached hydrogens (tertiary/aromatic N) is 1. The summed E-state index contributed by atoms with van der Waals surface area (Å²) in [5, 5.41) is 3.14. The minimum Gasteiger partial charge on any atom is -0.327 e. The Labute approximate surface area is 94.3 Å². The van der Waals surface area contributed by atoms with E-state index in [-0.39, 0.29) is 6.04 Å². The summed E-state index contributed by atoms with van der Waals surface area (Å²) in [6.07, 6.45) is 2.74. The largest absolute Gasteiger partial charge is 0.327 e. The Bertz CT molecular complexity index is 252. The van der Waals surface area contributed by atoms with Crippen molar-refractivity contribution in [3.63, 3.8) is 0 Å². The molecule has 0 radical (unpaired) electrons. The fraction of sp³-hybridized carbons (Fsp3) is 0.700. The van der Waals surface area contributed by atoms with Crippen molar-refractivity contribution in [1.29, 1.82) is 0 Å². The van der Waals surface area contributed by atoms with Crippen LogP contribution >= 0.6 is 23.1 Å². The second kappa shape index (κ2) is 5.14. The molecule has 0 fully saturated rings. The van der Waals surface area contributed by atoms with Crippen LogP contribution in [0.25, 0.3) is 0 Å². The first kappa shape index (κ1) is 12.0. The lowest BCUT2D eigenvalue weighted by Gasteiger charge is -2.20. The Morgan fingerprint density at radius 2 is 2.29 bits per heavy atom. The van der Waals surface area contributed by atoms with E-state index in [4.69, 9.17) is 5.73 Å². The van der Waals surface area contributed by atoms with Crippen molar-refractivity contribution in [2.24, 2.45) is 5.73 Å². The number of rotatable bonds is 4. The Hall–Kier alpha value is -0.0600. The fourth-order valence-corrected chi connectivity index (χ4v) is 2.54. The SMILES string of the molecule is CC(C)(C)SCC(N)Cc1nccs1. The minimum atomic E-state index is 0.227. The highest BCUT2D eigenvalue weighted by Gasteiger charge is 2.14. The topological polar surface area (TPSA) is 38.9 Å². The summed E-state index contributed by atoms with van der Waals surface area (Å²) in [5.41, 5.74) is 6.02. The number of aromatic nitrogens is 1. The summed E-state index contributed by atoms with van der Waals surface area (Å²) in [6.45, 7) is 6.65. The normalized spacial score (nSPS) is 14.3. The molecular formula is C10H18N2S2. The van der Waals surface area contributed by atoms with Gasteiger partial charge in [-0.15, -0.1) is 11.3 Å². The van der Waals surface area contributed by atoms with Gasteiger partial charge in [-0.25, -0.2) is 4.98 Å². The molecule has 1 rings (SSSR count). The molecule has 0 bridgehead atoms. The fourth-order valence-electron chi connectivity index (χ4n) is 0.994.